The first kappa shape index (κ1) is 32.6. The summed E-state index contributed by atoms with van der Waals surface area (Å²) >= 11 is 0. The van der Waals surface area contributed by atoms with Gasteiger partial charge in [0.2, 0.25) is 5.91 Å². The van der Waals surface area contributed by atoms with Crippen molar-refractivity contribution in [3.05, 3.63) is 92.9 Å². The standard InChI is InChI=1S/C34H39F2N3O5/c1-5-10-27(37-32(41)24-15-9-16-39(34(24)43)23-13-8-14-23)33(42)38-28(19-29(40)44-6-2)25-17-22(18-26(35)31(25)36)30-20(3)11-7-12-21(30)4/h7,9,11-12,15-18,23,27-28H,5-6,8,10,13-14,19H2,1-4H3,(H,37,41)(H,38,42). The highest BCUT2D eigenvalue weighted by Gasteiger charge is 2.30. The predicted octanol–water partition coefficient (Wildman–Crippen LogP) is 5.84. The molecule has 0 spiro atoms. The second kappa shape index (κ2) is 14.4. The lowest BCUT2D eigenvalue weighted by molar-refractivity contribution is -0.143. The summed E-state index contributed by atoms with van der Waals surface area (Å²) in [6, 6.07) is 8.76. The van der Waals surface area contributed by atoms with E-state index in [9.17, 15) is 19.2 Å². The van der Waals surface area contributed by atoms with Crippen molar-refractivity contribution in [3.8, 4) is 11.1 Å². The van der Waals surface area contributed by atoms with Crippen molar-refractivity contribution in [1.82, 2.24) is 15.2 Å². The molecule has 234 valence electrons. The first-order chi connectivity index (χ1) is 21.0. The average molecular weight is 608 g/mol. The number of hydrogen-bond donors (Lipinski definition) is 2. The molecule has 1 aliphatic rings. The van der Waals surface area contributed by atoms with Gasteiger partial charge in [0.1, 0.15) is 11.6 Å². The number of pyridine rings is 1. The molecule has 8 nitrogen and oxygen atoms in total. The summed E-state index contributed by atoms with van der Waals surface area (Å²) in [5.74, 6) is -4.47. The van der Waals surface area contributed by atoms with Crippen molar-refractivity contribution in [2.24, 2.45) is 0 Å². The van der Waals surface area contributed by atoms with Gasteiger partial charge in [0, 0.05) is 17.8 Å². The molecular formula is C34H39F2N3O5. The van der Waals surface area contributed by atoms with Crippen LogP contribution in [0.15, 0.2) is 53.5 Å². The molecule has 1 aliphatic carbocycles. The summed E-state index contributed by atoms with van der Waals surface area (Å²) in [5.41, 5.74) is 2.03. The molecule has 0 saturated heterocycles. The van der Waals surface area contributed by atoms with E-state index in [2.05, 4.69) is 10.6 Å². The number of halogens is 2. The van der Waals surface area contributed by atoms with Gasteiger partial charge in [-0.2, -0.15) is 0 Å². The van der Waals surface area contributed by atoms with Gasteiger partial charge >= 0.3 is 5.97 Å². The Labute approximate surface area is 255 Å². The number of aryl methyl sites for hydroxylation is 2. The number of hydrogen-bond acceptors (Lipinski definition) is 5. The van der Waals surface area contributed by atoms with Gasteiger partial charge in [-0.3, -0.25) is 19.2 Å². The van der Waals surface area contributed by atoms with E-state index in [0.29, 0.717) is 17.5 Å². The van der Waals surface area contributed by atoms with Crippen molar-refractivity contribution in [3.63, 3.8) is 0 Å². The third-order valence-corrected chi connectivity index (χ3v) is 8.08. The molecule has 2 unspecified atom stereocenters. The minimum Gasteiger partial charge on any atom is -0.466 e. The molecule has 2 amide bonds. The largest absolute Gasteiger partial charge is 0.466 e. The number of nitrogens with zero attached hydrogens (tertiary/aromatic N) is 1. The highest BCUT2D eigenvalue weighted by Crippen LogP contribution is 2.33. The van der Waals surface area contributed by atoms with Crippen LogP contribution in [0.1, 0.15) is 91.5 Å². The smallest absolute Gasteiger partial charge is 0.308 e. The maximum Gasteiger partial charge on any atom is 0.308 e. The van der Waals surface area contributed by atoms with Gasteiger partial charge in [-0.25, -0.2) is 8.78 Å². The Morgan fingerprint density at radius 1 is 1.02 bits per heavy atom. The fourth-order valence-electron chi connectivity index (χ4n) is 5.60. The van der Waals surface area contributed by atoms with Gasteiger partial charge < -0.3 is 19.9 Å². The molecule has 0 bridgehead atoms. The van der Waals surface area contributed by atoms with Crippen molar-refractivity contribution >= 4 is 17.8 Å². The minimum absolute atomic E-state index is 0.0446. The second-order valence-corrected chi connectivity index (χ2v) is 11.2. The van der Waals surface area contributed by atoms with Gasteiger partial charge in [-0.05, 0) is 93.0 Å². The van der Waals surface area contributed by atoms with E-state index in [0.717, 1.165) is 36.5 Å². The summed E-state index contributed by atoms with van der Waals surface area (Å²) in [5, 5.41) is 5.30. The van der Waals surface area contributed by atoms with Gasteiger partial charge in [0.05, 0.1) is 19.1 Å². The summed E-state index contributed by atoms with van der Waals surface area (Å²) in [7, 11) is 0. The van der Waals surface area contributed by atoms with Gasteiger partial charge in [0.25, 0.3) is 11.5 Å². The molecule has 2 aromatic carbocycles. The molecule has 10 heteroatoms. The van der Waals surface area contributed by atoms with Crippen molar-refractivity contribution in [1.29, 1.82) is 0 Å². The lowest BCUT2D eigenvalue weighted by Gasteiger charge is -2.28. The number of aromatic nitrogens is 1. The van der Waals surface area contributed by atoms with E-state index in [1.54, 1.807) is 23.8 Å². The third-order valence-electron chi connectivity index (χ3n) is 8.08. The number of carbonyl (C=O) groups excluding carboxylic acids is 3. The molecule has 1 aromatic heterocycles. The number of ether oxygens (including phenoxy) is 1. The maximum absolute atomic E-state index is 15.4. The van der Waals surface area contributed by atoms with E-state index in [1.807, 2.05) is 39.0 Å². The topological polar surface area (TPSA) is 107 Å². The van der Waals surface area contributed by atoms with Crippen LogP contribution in [-0.2, 0) is 14.3 Å². The average Bonchev–Trinajstić information content (AvgIpc) is 2.94. The Morgan fingerprint density at radius 3 is 2.34 bits per heavy atom. The van der Waals surface area contributed by atoms with Gasteiger partial charge in [-0.1, -0.05) is 31.5 Å². The molecule has 1 heterocycles. The van der Waals surface area contributed by atoms with Crippen LogP contribution in [0.5, 0.6) is 0 Å². The molecule has 2 atom stereocenters. The van der Waals surface area contributed by atoms with Crippen molar-refractivity contribution in [2.45, 2.75) is 84.3 Å². The molecule has 44 heavy (non-hydrogen) atoms. The molecule has 0 radical (unpaired) electrons. The molecule has 1 fully saturated rings. The van der Waals surface area contributed by atoms with E-state index in [4.69, 9.17) is 4.74 Å². The predicted molar refractivity (Wildman–Crippen MR) is 163 cm³/mol. The fourth-order valence-corrected chi connectivity index (χ4v) is 5.60. The zero-order valence-corrected chi connectivity index (χ0v) is 25.5. The van der Waals surface area contributed by atoms with Crippen LogP contribution in [0.4, 0.5) is 8.78 Å². The normalized spacial score (nSPS) is 14.3. The van der Waals surface area contributed by atoms with Crippen LogP contribution in [0, 0.1) is 25.5 Å². The first-order valence-corrected chi connectivity index (χ1v) is 15.1. The third kappa shape index (κ3) is 7.23. The molecular weight excluding hydrogens is 568 g/mol. The molecule has 1 saturated carbocycles. The van der Waals surface area contributed by atoms with Crippen LogP contribution in [0.25, 0.3) is 11.1 Å². The summed E-state index contributed by atoms with van der Waals surface area (Å²) < 4.78 is 37.1. The zero-order chi connectivity index (χ0) is 32.0. The second-order valence-electron chi connectivity index (χ2n) is 11.2. The lowest BCUT2D eigenvalue weighted by atomic mass is 9.92. The van der Waals surface area contributed by atoms with Crippen molar-refractivity contribution in [2.75, 3.05) is 6.61 Å². The number of amides is 2. The van der Waals surface area contributed by atoms with E-state index < -0.39 is 53.5 Å². The van der Waals surface area contributed by atoms with E-state index in [1.165, 1.54) is 12.1 Å². The summed E-state index contributed by atoms with van der Waals surface area (Å²) in [6.45, 7) is 7.20. The SMILES string of the molecule is CCCC(NC(=O)c1cccn(C2CCC2)c1=O)C(=O)NC(CC(=O)OCC)c1cc(-c2c(C)cccc2C)cc(F)c1F. The zero-order valence-electron chi connectivity index (χ0n) is 25.5. The van der Waals surface area contributed by atoms with Crippen LogP contribution < -0.4 is 16.2 Å². The highest BCUT2D eigenvalue weighted by molar-refractivity contribution is 5.97. The highest BCUT2D eigenvalue weighted by atomic mass is 19.2. The molecule has 3 aromatic rings. The number of nitrogens with one attached hydrogen (secondary N) is 2. The number of carbonyl (C=O) groups is 3. The van der Waals surface area contributed by atoms with Crippen molar-refractivity contribution < 1.29 is 27.9 Å². The number of benzene rings is 2. The van der Waals surface area contributed by atoms with Crippen LogP contribution >= 0.6 is 0 Å². The fraction of sp³-hybridized carbons (Fsp3) is 0.412. The quantitative estimate of drug-likeness (QED) is 0.252. The molecule has 4 rings (SSSR count). The number of rotatable bonds is 12. The lowest BCUT2D eigenvalue weighted by Crippen LogP contribution is -2.49. The van der Waals surface area contributed by atoms with Gasteiger partial charge in [-0.15, -0.1) is 0 Å². The van der Waals surface area contributed by atoms with E-state index >= 15 is 8.78 Å². The van der Waals surface area contributed by atoms with Crippen LogP contribution in [0.2, 0.25) is 0 Å². The number of esters is 1. The monoisotopic (exact) mass is 607 g/mol. The summed E-state index contributed by atoms with van der Waals surface area (Å²) in [4.78, 5) is 52.5. The van der Waals surface area contributed by atoms with Crippen LogP contribution in [0.3, 0.4) is 0 Å². The Hall–Kier alpha value is -4.34. The Bertz CT molecular complexity index is 1580. The Kier molecular flexibility index (Phi) is 10.7. The first-order valence-electron chi connectivity index (χ1n) is 15.1. The maximum atomic E-state index is 15.4. The summed E-state index contributed by atoms with van der Waals surface area (Å²) in [6.07, 6.45) is 4.60. The molecule has 2 N–H and O–H groups in total. The van der Waals surface area contributed by atoms with E-state index in [-0.39, 0.29) is 30.2 Å². The Morgan fingerprint density at radius 2 is 1.73 bits per heavy atom. The van der Waals surface area contributed by atoms with Crippen LogP contribution in [-0.4, -0.2) is 35.0 Å². The molecule has 0 aliphatic heterocycles. The van der Waals surface area contributed by atoms with Gasteiger partial charge in [0.15, 0.2) is 11.6 Å². The minimum atomic E-state index is -1.30. The Balaban J connectivity index is 1.65.